The lowest BCUT2D eigenvalue weighted by Crippen LogP contribution is -2.31. The lowest BCUT2D eigenvalue weighted by molar-refractivity contribution is 0.151. The summed E-state index contributed by atoms with van der Waals surface area (Å²) >= 11 is 0. The van der Waals surface area contributed by atoms with Crippen LogP contribution in [-0.2, 0) is 6.42 Å². The third kappa shape index (κ3) is 3.10. The van der Waals surface area contributed by atoms with Crippen LogP contribution in [0.15, 0.2) is 48.7 Å². The molecule has 2 unspecified atom stereocenters. The molecule has 0 bridgehead atoms. The zero-order chi connectivity index (χ0) is 18.3. The van der Waals surface area contributed by atoms with E-state index in [1.807, 2.05) is 23.7 Å². The third-order valence-electron chi connectivity index (χ3n) is 5.17. The van der Waals surface area contributed by atoms with E-state index in [-0.39, 0.29) is 12.1 Å². The molecule has 1 fully saturated rings. The van der Waals surface area contributed by atoms with E-state index in [4.69, 9.17) is 11.0 Å². The van der Waals surface area contributed by atoms with Crippen molar-refractivity contribution in [2.45, 2.75) is 43.9 Å². The Bertz CT molecular complexity index is 977. The van der Waals surface area contributed by atoms with Crippen molar-refractivity contribution < 1.29 is 5.11 Å². The molecule has 0 spiro atoms. The normalized spacial score (nSPS) is 17.6. The summed E-state index contributed by atoms with van der Waals surface area (Å²) in [7, 11) is 0. The van der Waals surface area contributed by atoms with Crippen LogP contribution in [0.3, 0.4) is 0 Å². The van der Waals surface area contributed by atoms with Gasteiger partial charge in [0.25, 0.3) is 0 Å². The maximum atomic E-state index is 10.1. The van der Waals surface area contributed by atoms with Gasteiger partial charge in [0.2, 0.25) is 0 Å². The Labute approximate surface area is 152 Å². The molecule has 0 aliphatic heterocycles. The predicted octanol–water partition coefficient (Wildman–Crippen LogP) is 2.91. The second-order valence-corrected chi connectivity index (χ2v) is 7.42. The van der Waals surface area contributed by atoms with Gasteiger partial charge in [-0.1, -0.05) is 24.3 Å². The van der Waals surface area contributed by atoms with Crippen molar-refractivity contribution in [1.29, 1.82) is 5.26 Å². The number of aliphatic hydroxyl groups is 1. The summed E-state index contributed by atoms with van der Waals surface area (Å²) in [4.78, 5) is 0. The molecule has 1 heterocycles. The number of benzene rings is 2. The molecule has 1 aliphatic carbocycles. The van der Waals surface area contributed by atoms with E-state index in [1.165, 1.54) is 0 Å². The van der Waals surface area contributed by atoms with Crippen LogP contribution < -0.4 is 5.73 Å². The first kappa shape index (κ1) is 16.8. The largest absolute Gasteiger partial charge is 0.390 e. The molecule has 5 heteroatoms. The highest BCUT2D eigenvalue weighted by atomic mass is 16.3. The molecule has 26 heavy (non-hydrogen) atoms. The van der Waals surface area contributed by atoms with Gasteiger partial charge in [0.05, 0.1) is 35.0 Å². The van der Waals surface area contributed by atoms with Crippen LogP contribution in [0, 0.1) is 11.3 Å². The zero-order valence-corrected chi connectivity index (χ0v) is 14.8. The Morgan fingerprint density at radius 1 is 1.27 bits per heavy atom. The van der Waals surface area contributed by atoms with Crippen molar-refractivity contribution in [3.05, 3.63) is 65.4 Å². The Kier molecular flexibility index (Phi) is 4.03. The second-order valence-electron chi connectivity index (χ2n) is 7.42. The molecule has 0 amide bonds. The highest BCUT2D eigenvalue weighted by Crippen LogP contribution is 2.38. The molecule has 1 aliphatic rings. The van der Waals surface area contributed by atoms with E-state index >= 15 is 0 Å². The van der Waals surface area contributed by atoms with Gasteiger partial charge in [-0.05, 0) is 49.1 Å². The molecule has 0 saturated heterocycles. The van der Waals surface area contributed by atoms with Crippen LogP contribution in [0.1, 0.15) is 42.5 Å². The van der Waals surface area contributed by atoms with Gasteiger partial charge in [-0.15, -0.1) is 0 Å². The van der Waals surface area contributed by atoms with Gasteiger partial charge in [-0.3, -0.25) is 4.68 Å². The number of fused-ring (bicyclic) bond motifs is 1. The smallest absolute Gasteiger partial charge is 0.0991 e. The lowest BCUT2D eigenvalue weighted by atomic mass is 9.97. The number of hydrogen-bond donors (Lipinski definition) is 2. The minimum atomic E-state index is -0.487. The average Bonchev–Trinajstić information content (AvgIpc) is 3.21. The van der Waals surface area contributed by atoms with Crippen molar-refractivity contribution in [3.63, 3.8) is 0 Å². The first-order valence-corrected chi connectivity index (χ1v) is 8.93. The number of nitriles is 1. The zero-order valence-electron chi connectivity index (χ0n) is 14.8. The summed E-state index contributed by atoms with van der Waals surface area (Å²) in [6.45, 7) is 1.97. The number of nitrogens with zero attached hydrogens (tertiary/aromatic N) is 3. The minimum absolute atomic E-state index is 0.0986. The summed E-state index contributed by atoms with van der Waals surface area (Å²) < 4.78 is 1.94. The number of nitrogens with two attached hydrogens (primary N) is 1. The van der Waals surface area contributed by atoms with Crippen LogP contribution in [0.2, 0.25) is 0 Å². The number of rotatable bonds is 5. The molecule has 2 atom stereocenters. The second kappa shape index (κ2) is 6.24. The van der Waals surface area contributed by atoms with Crippen molar-refractivity contribution in [1.82, 2.24) is 9.78 Å². The summed E-state index contributed by atoms with van der Waals surface area (Å²) in [6.07, 6.45) is 4.27. The predicted molar refractivity (Wildman–Crippen MR) is 101 cm³/mol. The maximum absolute atomic E-state index is 10.1. The average molecular weight is 346 g/mol. The van der Waals surface area contributed by atoms with Gasteiger partial charge in [-0.25, -0.2) is 0 Å². The Morgan fingerprint density at radius 2 is 2.00 bits per heavy atom. The van der Waals surface area contributed by atoms with Crippen LogP contribution in [0.4, 0.5) is 0 Å². The number of hydrogen-bond acceptors (Lipinski definition) is 4. The standard InChI is InChI=1S/C21H22N4O/c1-14(23)20(17-5-2-15(3-6-17)11-21(26)8-9-21)25-19-7-4-16(12-22)10-18(19)13-24-25/h2-7,10,13-14,20,26H,8-9,11,23H2,1H3. The summed E-state index contributed by atoms with van der Waals surface area (Å²) in [5.41, 5.74) is 9.62. The van der Waals surface area contributed by atoms with E-state index in [1.54, 1.807) is 12.3 Å². The Hall–Kier alpha value is -2.68. The summed E-state index contributed by atoms with van der Waals surface area (Å²) in [6, 6.07) is 15.8. The van der Waals surface area contributed by atoms with E-state index in [0.717, 1.165) is 34.9 Å². The lowest BCUT2D eigenvalue weighted by Gasteiger charge is -2.23. The fraction of sp³-hybridized carbons (Fsp3) is 0.333. The molecule has 3 aromatic rings. The fourth-order valence-corrected chi connectivity index (χ4v) is 3.55. The Morgan fingerprint density at radius 3 is 2.62 bits per heavy atom. The van der Waals surface area contributed by atoms with E-state index in [0.29, 0.717) is 12.0 Å². The molecule has 2 aromatic carbocycles. The molecule has 0 radical (unpaired) electrons. The van der Waals surface area contributed by atoms with Gasteiger partial charge in [0, 0.05) is 17.8 Å². The monoisotopic (exact) mass is 346 g/mol. The molecule has 3 N–H and O–H groups in total. The third-order valence-corrected chi connectivity index (χ3v) is 5.17. The minimum Gasteiger partial charge on any atom is -0.390 e. The SMILES string of the molecule is CC(N)C(c1ccc(CC2(O)CC2)cc1)n1ncc2cc(C#N)ccc21. The Balaban J connectivity index is 1.69. The highest BCUT2D eigenvalue weighted by molar-refractivity contribution is 5.80. The number of aromatic nitrogens is 2. The molecular weight excluding hydrogens is 324 g/mol. The molecule has 4 rings (SSSR count). The molecule has 132 valence electrons. The first-order chi connectivity index (χ1) is 12.5. The topological polar surface area (TPSA) is 87.9 Å². The fourth-order valence-electron chi connectivity index (χ4n) is 3.55. The van der Waals surface area contributed by atoms with E-state index in [2.05, 4.69) is 35.4 Å². The van der Waals surface area contributed by atoms with Gasteiger partial charge in [-0.2, -0.15) is 10.4 Å². The van der Waals surface area contributed by atoms with Crippen LogP contribution in [-0.4, -0.2) is 26.5 Å². The molecular formula is C21H22N4O. The van der Waals surface area contributed by atoms with Gasteiger partial charge >= 0.3 is 0 Å². The van der Waals surface area contributed by atoms with Gasteiger partial charge < -0.3 is 10.8 Å². The van der Waals surface area contributed by atoms with Gasteiger partial charge in [0.1, 0.15) is 0 Å². The van der Waals surface area contributed by atoms with Crippen LogP contribution in [0.25, 0.3) is 10.9 Å². The van der Waals surface area contributed by atoms with Crippen LogP contribution in [0.5, 0.6) is 0 Å². The van der Waals surface area contributed by atoms with E-state index < -0.39 is 5.60 Å². The first-order valence-electron chi connectivity index (χ1n) is 8.93. The summed E-state index contributed by atoms with van der Waals surface area (Å²) in [5, 5.41) is 24.7. The molecule has 1 saturated carbocycles. The molecule has 1 aromatic heterocycles. The molecule has 5 nitrogen and oxygen atoms in total. The summed E-state index contributed by atoms with van der Waals surface area (Å²) in [5.74, 6) is 0. The van der Waals surface area contributed by atoms with Crippen molar-refractivity contribution in [2.75, 3.05) is 0 Å². The maximum Gasteiger partial charge on any atom is 0.0991 e. The van der Waals surface area contributed by atoms with Crippen molar-refractivity contribution in [3.8, 4) is 6.07 Å². The van der Waals surface area contributed by atoms with Crippen molar-refractivity contribution >= 4 is 10.9 Å². The quantitative estimate of drug-likeness (QED) is 0.743. The van der Waals surface area contributed by atoms with Crippen molar-refractivity contribution in [2.24, 2.45) is 5.73 Å². The van der Waals surface area contributed by atoms with Crippen LogP contribution >= 0.6 is 0 Å². The highest BCUT2D eigenvalue weighted by Gasteiger charge is 2.40. The van der Waals surface area contributed by atoms with Gasteiger partial charge in [0.15, 0.2) is 0 Å². The van der Waals surface area contributed by atoms with E-state index in [9.17, 15) is 5.11 Å².